The van der Waals surface area contributed by atoms with Gasteiger partial charge in [0.05, 0.1) is 13.7 Å². The van der Waals surface area contributed by atoms with E-state index in [1.165, 1.54) is 0 Å². The number of hydrogen-bond acceptors (Lipinski definition) is 4. The second kappa shape index (κ2) is 9.94. The van der Waals surface area contributed by atoms with Crippen molar-refractivity contribution >= 4 is 29.6 Å². The molecule has 6 heteroatoms. The number of rotatable bonds is 7. The first-order chi connectivity index (χ1) is 9.77. The average molecular weight is 293 g/mol. The maximum absolute atomic E-state index is 5.24. The number of nitrogens with one attached hydrogen (secondary N) is 2. The van der Waals surface area contributed by atoms with E-state index < -0.39 is 0 Å². The van der Waals surface area contributed by atoms with E-state index in [0.717, 1.165) is 11.3 Å². The Bertz CT molecular complexity index is 475. The van der Waals surface area contributed by atoms with Gasteiger partial charge in [0.15, 0.2) is 5.11 Å². The summed E-state index contributed by atoms with van der Waals surface area (Å²) in [6.07, 6.45) is 5.34. The quantitative estimate of drug-likeness (QED) is 0.347. The minimum Gasteiger partial charge on any atom is -0.496 e. The predicted molar refractivity (Wildman–Crippen MR) is 86.1 cm³/mol. The fourth-order valence-corrected chi connectivity index (χ4v) is 1.55. The number of hydrogen-bond donors (Lipinski definition) is 2. The molecule has 0 aliphatic rings. The first kappa shape index (κ1) is 16.1. The van der Waals surface area contributed by atoms with Crippen LogP contribution in [0.5, 0.6) is 5.75 Å². The summed E-state index contributed by atoms with van der Waals surface area (Å²) in [5, 5.41) is 7.38. The van der Waals surface area contributed by atoms with Crippen molar-refractivity contribution in [1.29, 1.82) is 0 Å². The average Bonchev–Trinajstić information content (AvgIpc) is 2.47. The maximum atomic E-state index is 5.24. The molecule has 108 valence electrons. The van der Waals surface area contributed by atoms with Crippen molar-refractivity contribution < 1.29 is 9.47 Å². The Labute approximate surface area is 124 Å². The summed E-state index contributed by atoms with van der Waals surface area (Å²) in [5.74, 6) is 0.821. The molecule has 0 aromatic heterocycles. The van der Waals surface area contributed by atoms with E-state index in [0.29, 0.717) is 18.3 Å². The highest BCUT2D eigenvalue weighted by atomic mass is 32.1. The molecule has 20 heavy (non-hydrogen) atoms. The number of para-hydroxylation sites is 1. The van der Waals surface area contributed by atoms with Crippen LogP contribution < -0.4 is 15.5 Å². The number of ether oxygens (including phenoxy) is 2. The number of allylic oxidation sites excluding steroid dienone is 1. The lowest BCUT2D eigenvalue weighted by Crippen LogP contribution is -2.34. The lowest BCUT2D eigenvalue weighted by molar-refractivity contribution is 0.204. The van der Waals surface area contributed by atoms with Crippen molar-refractivity contribution in [2.24, 2.45) is 5.10 Å². The van der Waals surface area contributed by atoms with E-state index in [-0.39, 0.29) is 0 Å². The Morgan fingerprint density at radius 2 is 2.15 bits per heavy atom. The van der Waals surface area contributed by atoms with Gasteiger partial charge in [0.1, 0.15) is 5.75 Å². The predicted octanol–water partition coefficient (Wildman–Crippen LogP) is 1.80. The standard InChI is InChI=1S/C14H19N3O2S/c1-18-11-10-15-14(20)17-16-9-5-7-12-6-3-4-8-13(12)19-2/h3-9H,10-11H2,1-2H3,(H2,15,17,20)/b7-5+,16-9+. The Morgan fingerprint density at radius 3 is 2.90 bits per heavy atom. The zero-order valence-electron chi connectivity index (χ0n) is 11.6. The lowest BCUT2D eigenvalue weighted by atomic mass is 10.2. The van der Waals surface area contributed by atoms with Crippen LogP contribution in [0.4, 0.5) is 0 Å². The Balaban J connectivity index is 2.36. The van der Waals surface area contributed by atoms with Crippen LogP contribution in [0.3, 0.4) is 0 Å². The van der Waals surface area contributed by atoms with E-state index in [1.54, 1.807) is 20.4 Å². The fourth-order valence-electron chi connectivity index (χ4n) is 1.40. The number of nitrogens with zero attached hydrogens (tertiary/aromatic N) is 1. The van der Waals surface area contributed by atoms with E-state index >= 15 is 0 Å². The molecule has 0 spiro atoms. The topological polar surface area (TPSA) is 54.9 Å². The molecule has 0 amide bonds. The highest BCUT2D eigenvalue weighted by Gasteiger charge is 1.95. The molecule has 1 aromatic rings. The summed E-state index contributed by atoms with van der Waals surface area (Å²) < 4.78 is 10.1. The summed E-state index contributed by atoms with van der Waals surface area (Å²) in [7, 11) is 3.28. The van der Waals surface area contributed by atoms with E-state index in [2.05, 4.69) is 15.8 Å². The molecule has 0 saturated heterocycles. The third-order valence-electron chi connectivity index (χ3n) is 2.33. The normalized spacial score (nSPS) is 10.9. The second-order valence-corrected chi connectivity index (χ2v) is 4.15. The third-order valence-corrected chi connectivity index (χ3v) is 2.57. The molecule has 0 unspecified atom stereocenters. The highest BCUT2D eigenvalue weighted by molar-refractivity contribution is 7.80. The van der Waals surface area contributed by atoms with Gasteiger partial charge in [-0.05, 0) is 30.4 Å². The molecule has 1 aromatic carbocycles. The van der Waals surface area contributed by atoms with Gasteiger partial charge < -0.3 is 14.8 Å². The summed E-state index contributed by atoms with van der Waals surface area (Å²) >= 11 is 5.01. The first-order valence-electron chi connectivity index (χ1n) is 6.13. The van der Waals surface area contributed by atoms with Gasteiger partial charge in [-0.25, -0.2) is 0 Å². The van der Waals surface area contributed by atoms with Gasteiger partial charge >= 0.3 is 0 Å². The molecular formula is C14H19N3O2S. The van der Waals surface area contributed by atoms with Gasteiger partial charge in [0, 0.05) is 25.4 Å². The molecule has 0 fully saturated rings. The number of methoxy groups -OCH3 is 2. The van der Waals surface area contributed by atoms with Gasteiger partial charge in [-0.1, -0.05) is 18.2 Å². The molecule has 0 aliphatic heterocycles. The number of hydrazone groups is 1. The Kier molecular flexibility index (Phi) is 8.02. The zero-order chi connectivity index (χ0) is 14.6. The number of benzene rings is 1. The first-order valence-corrected chi connectivity index (χ1v) is 6.54. The molecule has 5 nitrogen and oxygen atoms in total. The van der Waals surface area contributed by atoms with Crippen molar-refractivity contribution in [2.45, 2.75) is 0 Å². The summed E-state index contributed by atoms with van der Waals surface area (Å²) in [6.45, 7) is 1.24. The SMILES string of the molecule is COCCNC(=S)N/N=C/C=C/c1ccccc1OC. The molecule has 0 saturated carbocycles. The van der Waals surface area contributed by atoms with Crippen molar-refractivity contribution in [3.63, 3.8) is 0 Å². The molecule has 0 aliphatic carbocycles. The van der Waals surface area contributed by atoms with Gasteiger partial charge in [0.2, 0.25) is 0 Å². The van der Waals surface area contributed by atoms with Crippen LogP contribution in [0, 0.1) is 0 Å². The fraction of sp³-hybridized carbons (Fsp3) is 0.286. The highest BCUT2D eigenvalue weighted by Crippen LogP contribution is 2.18. The maximum Gasteiger partial charge on any atom is 0.187 e. The summed E-state index contributed by atoms with van der Waals surface area (Å²) in [6, 6.07) is 7.75. The van der Waals surface area contributed by atoms with E-state index in [4.69, 9.17) is 21.7 Å². The molecule has 0 bridgehead atoms. The van der Waals surface area contributed by atoms with Crippen molar-refractivity contribution in [3.8, 4) is 5.75 Å². The smallest absolute Gasteiger partial charge is 0.187 e. The minimum absolute atomic E-state index is 0.462. The molecule has 0 radical (unpaired) electrons. The summed E-state index contributed by atoms with van der Waals surface area (Å²) in [4.78, 5) is 0. The minimum atomic E-state index is 0.462. The van der Waals surface area contributed by atoms with E-state index in [9.17, 15) is 0 Å². The van der Waals surface area contributed by atoms with E-state index in [1.807, 2.05) is 36.4 Å². The molecule has 0 heterocycles. The summed E-state index contributed by atoms with van der Waals surface area (Å²) in [5.41, 5.74) is 3.70. The van der Waals surface area contributed by atoms with Gasteiger partial charge in [-0.2, -0.15) is 5.10 Å². The van der Waals surface area contributed by atoms with Crippen LogP contribution in [-0.2, 0) is 4.74 Å². The molecule has 1 rings (SSSR count). The van der Waals surface area contributed by atoms with Crippen molar-refractivity contribution in [3.05, 3.63) is 35.9 Å². The van der Waals surface area contributed by atoms with Crippen LogP contribution >= 0.6 is 12.2 Å². The van der Waals surface area contributed by atoms with Crippen LogP contribution in [0.1, 0.15) is 5.56 Å². The van der Waals surface area contributed by atoms with Crippen LogP contribution in [-0.4, -0.2) is 38.7 Å². The van der Waals surface area contributed by atoms with Gasteiger partial charge in [-0.15, -0.1) is 0 Å². The monoisotopic (exact) mass is 293 g/mol. The Morgan fingerprint density at radius 1 is 1.35 bits per heavy atom. The third kappa shape index (κ3) is 6.31. The molecular weight excluding hydrogens is 274 g/mol. The van der Waals surface area contributed by atoms with Gasteiger partial charge in [-0.3, -0.25) is 5.43 Å². The van der Waals surface area contributed by atoms with Crippen molar-refractivity contribution in [2.75, 3.05) is 27.4 Å². The molecule has 2 N–H and O–H groups in total. The van der Waals surface area contributed by atoms with Gasteiger partial charge in [0.25, 0.3) is 0 Å². The number of thiocarbonyl (C=S) groups is 1. The Hall–Kier alpha value is -1.92. The van der Waals surface area contributed by atoms with Crippen LogP contribution in [0.2, 0.25) is 0 Å². The van der Waals surface area contributed by atoms with Crippen molar-refractivity contribution in [1.82, 2.24) is 10.7 Å². The molecule has 0 atom stereocenters. The lowest BCUT2D eigenvalue weighted by Gasteiger charge is -2.05. The van der Waals surface area contributed by atoms with Crippen LogP contribution in [0.15, 0.2) is 35.4 Å². The largest absolute Gasteiger partial charge is 0.496 e. The zero-order valence-corrected chi connectivity index (χ0v) is 12.4. The van der Waals surface area contributed by atoms with Crippen LogP contribution in [0.25, 0.3) is 6.08 Å². The second-order valence-electron chi connectivity index (χ2n) is 3.74.